The first-order chi connectivity index (χ1) is 36.0. The van der Waals surface area contributed by atoms with E-state index in [9.17, 15) is 19.8 Å². The van der Waals surface area contributed by atoms with Crippen molar-refractivity contribution in [3.05, 3.63) is 36.5 Å². The average molecular weight is 1030 g/mol. The summed E-state index contributed by atoms with van der Waals surface area (Å²) in [4.78, 5) is 24.6. The smallest absolute Gasteiger partial charge is 0.305 e. The first-order valence-electron chi connectivity index (χ1n) is 32.8. The van der Waals surface area contributed by atoms with Crippen LogP contribution in [0.3, 0.4) is 0 Å². The van der Waals surface area contributed by atoms with E-state index < -0.39 is 12.1 Å². The maximum Gasteiger partial charge on any atom is 0.305 e. The fourth-order valence-corrected chi connectivity index (χ4v) is 10.2. The molecule has 0 aliphatic rings. The molecule has 73 heavy (non-hydrogen) atoms. The van der Waals surface area contributed by atoms with Gasteiger partial charge in [0.1, 0.15) is 0 Å². The highest BCUT2D eigenvalue weighted by Gasteiger charge is 2.18. The van der Waals surface area contributed by atoms with Crippen LogP contribution in [0.15, 0.2) is 36.5 Å². The summed E-state index contributed by atoms with van der Waals surface area (Å²) < 4.78 is 5.46. The Morgan fingerprint density at radius 3 is 1.01 bits per heavy atom. The number of amides is 1. The second-order valence-corrected chi connectivity index (χ2v) is 22.5. The number of allylic oxidation sites excluding steroid dienone is 5. The van der Waals surface area contributed by atoms with Gasteiger partial charge in [-0.2, -0.15) is 0 Å². The van der Waals surface area contributed by atoms with E-state index in [4.69, 9.17) is 4.74 Å². The van der Waals surface area contributed by atoms with Crippen LogP contribution in [0, 0.1) is 0 Å². The molecule has 430 valence electrons. The lowest BCUT2D eigenvalue weighted by molar-refractivity contribution is -0.143. The highest BCUT2D eigenvalue weighted by Crippen LogP contribution is 2.18. The van der Waals surface area contributed by atoms with Gasteiger partial charge in [-0.1, -0.05) is 314 Å². The number of rotatable bonds is 61. The first kappa shape index (κ1) is 71.1. The summed E-state index contributed by atoms with van der Waals surface area (Å²) >= 11 is 0. The Kier molecular flexibility index (Phi) is 61.0. The van der Waals surface area contributed by atoms with E-state index >= 15 is 0 Å². The maximum absolute atomic E-state index is 12.5. The van der Waals surface area contributed by atoms with Crippen molar-refractivity contribution in [2.45, 2.75) is 366 Å². The van der Waals surface area contributed by atoms with E-state index in [-0.39, 0.29) is 18.5 Å². The van der Waals surface area contributed by atoms with Crippen LogP contribution in [-0.4, -0.2) is 47.4 Å². The molecule has 2 atom stereocenters. The molecule has 0 aliphatic heterocycles. The van der Waals surface area contributed by atoms with E-state index in [0.29, 0.717) is 19.4 Å². The molecule has 0 spiro atoms. The molecule has 0 radical (unpaired) electrons. The predicted molar refractivity (Wildman–Crippen MR) is 319 cm³/mol. The zero-order valence-corrected chi connectivity index (χ0v) is 49.1. The van der Waals surface area contributed by atoms with Gasteiger partial charge in [-0.3, -0.25) is 9.59 Å². The van der Waals surface area contributed by atoms with E-state index in [1.165, 1.54) is 250 Å². The molecule has 0 saturated heterocycles. The summed E-state index contributed by atoms with van der Waals surface area (Å²) in [7, 11) is 0. The Balaban J connectivity index is 3.50. The van der Waals surface area contributed by atoms with Gasteiger partial charge in [0.25, 0.3) is 0 Å². The standard InChI is InChI=1S/C67H127NO5/c1-3-5-7-9-11-13-15-17-19-20-21-22-23-24-26-29-32-35-39-43-47-51-55-59-65(70)64(63-69)68-66(71)60-56-52-48-44-40-36-33-30-27-25-28-31-34-38-42-46-50-54-58-62-73-67(72)61-57-53-49-45-41-37-18-16-14-12-10-8-6-4-2/h31,34,38,42,55,59,64-65,69-70H,3-30,32-33,35-37,39-41,43-54,56-58,60-63H2,1-2H3,(H,68,71)/b34-31-,42-38-,59-55+. The Morgan fingerprint density at radius 2 is 0.671 bits per heavy atom. The molecule has 1 amide bonds. The number of esters is 1. The van der Waals surface area contributed by atoms with Crippen molar-refractivity contribution in [1.82, 2.24) is 5.32 Å². The SMILES string of the molecule is CCCCCCCCCCCCCCCCCCCCCCC/C=C/C(O)C(CO)NC(=O)CCCCCCCCCCCC/C=C\C=C/CCCCCOC(=O)CCCCCCCCCCCCCCCC. The molecule has 0 aromatic rings. The number of unbranched alkanes of at least 4 members (excludes halogenated alkanes) is 47. The summed E-state index contributed by atoms with van der Waals surface area (Å²) in [5, 5.41) is 23.2. The summed E-state index contributed by atoms with van der Waals surface area (Å²) in [6, 6.07) is -0.637. The van der Waals surface area contributed by atoms with Crippen LogP contribution in [0.5, 0.6) is 0 Å². The third kappa shape index (κ3) is 59.2. The lowest BCUT2D eigenvalue weighted by Gasteiger charge is -2.20. The molecule has 0 fully saturated rings. The Hall–Kier alpha value is -1.92. The van der Waals surface area contributed by atoms with Gasteiger partial charge in [0.15, 0.2) is 0 Å². The normalized spacial score (nSPS) is 12.8. The molecule has 3 N–H and O–H groups in total. The van der Waals surface area contributed by atoms with Crippen molar-refractivity contribution in [2.24, 2.45) is 0 Å². The number of hydrogen-bond acceptors (Lipinski definition) is 5. The minimum Gasteiger partial charge on any atom is -0.466 e. The second kappa shape index (κ2) is 62.6. The topological polar surface area (TPSA) is 95.9 Å². The largest absolute Gasteiger partial charge is 0.466 e. The Labute approximate surface area is 455 Å². The van der Waals surface area contributed by atoms with E-state index in [1.807, 2.05) is 6.08 Å². The third-order valence-electron chi connectivity index (χ3n) is 15.2. The average Bonchev–Trinajstić information content (AvgIpc) is 3.39. The molecule has 6 heteroatoms. The highest BCUT2D eigenvalue weighted by atomic mass is 16.5. The quantitative estimate of drug-likeness (QED) is 0.0244. The van der Waals surface area contributed by atoms with Gasteiger partial charge in [-0.15, -0.1) is 0 Å². The predicted octanol–water partition coefficient (Wildman–Crippen LogP) is 20.8. The Morgan fingerprint density at radius 1 is 0.384 bits per heavy atom. The van der Waals surface area contributed by atoms with Crippen molar-refractivity contribution < 1.29 is 24.5 Å². The van der Waals surface area contributed by atoms with Gasteiger partial charge in [0.2, 0.25) is 5.91 Å². The third-order valence-corrected chi connectivity index (χ3v) is 15.2. The van der Waals surface area contributed by atoms with Crippen LogP contribution in [-0.2, 0) is 14.3 Å². The molecule has 0 heterocycles. The van der Waals surface area contributed by atoms with Gasteiger partial charge in [-0.25, -0.2) is 0 Å². The number of ether oxygens (including phenoxy) is 1. The van der Waals surface area contributed by atoms with Crippen LogP contribution in [0.2, 0.25) is 0 Å². The minimum absolute atomic E-state index is 0.0114. The number of carbonyl (C=O) groups is 2. The molecule has 2 unspecified atom stereocenters. The van der Waals surface area contributed by atoms with Crippen molar-refractivity contribution in [3.8, 4) is 0 Å². The van der Waals surface area contributed by atoms with Crippen molar-refractivity contribution in [2.75, 3.05) is 13.2 Å². The van der Waals surface area contributed by atoms with Crippen LogP contribution in [0.4, 0.5) is 0 Å². The van der Waals surface area contributed by atoms with Crippen molar-refractivity contribution in [3.63, 3.8) is 0 Å². The summed E-state index contributed by atoms with van der Waals surface area (Å²) in [5.74, 6) is -0.0860. The van der Waals surface area contributed by atoms with Gasteiger partial charge < -0.3 is 20.3 Å². The summed E-state index contributed by atoms with van der Waals surface area (Å²) in [6.45, 7) is 4.89. The van der Waals surface area contributed by atoms with Crippen LogP contribution >= 0.6 is 0 Å². The van der Waals surface area contributed by atoms with Gasteiger partial charge in [0, 0.05) is 12.8 Å². The van der Waals surface area contributed by atoms with Crippen molar-refractivity contribution >= 4 is 11.9 Å². The molecular weight excluding hydrogens is 899 g/mol. The molecule has 0 rings (SSSR count). The number of aliphatic hydroxyl groups excluding tert-OH is 2. The number of nitrogens with one attached hydrogen (secondary N) is 1. The Bertz CT molecular complexity index is 1180. The van der Waals surface area contributed by atoms with E-state index in [1.54, 1.807) is 6.08 Å². The zero-order valence-electron chi connectivity index (χ0n) is 49.1. The molecule has 0 aliphatic carbocycles. The van der Waals surface area contributed by atoms with Gasteiger partial charge in [0.05, 0.1) is 25.4 Å². The number of hydrogen-bond donors (Lipinski definition) is 3. The van der Waals surface area contributed by atoms with Crippen molar-refractivity contribution in [1.29, 1.82) is 0 Å². The molecule has 6 nitrogen and oxygen atoms in total. The van der Waals surface area contributed by atoms with Crippen LogP contribution < -0.4 is 5.32 Å². The van der Waals surface area contributed by atoms with E-state index in [0.717, 1.165) is 77.0 Å². The highest BCUT2D eigenvalue weighted by molar-refractivity contribution is 5.76. The monoisotopic (exact) mass is 1030 g/mol. The molecule has 0 bridgehead atoms. The minimum atomic E-state index is -0.853. The molecule has 0 saturated carbocycles. The van der Waals surface area contributed by atoms with Gasteiger partial charge in [-0.05, 0) is 64.2 Å². The molecule has 0 aromatic heterocycles. The molecule has 0 aromatic carbocycles. The fourth-order valence-electron chi connectivity index (χ4n) is 10.2. The zero-order chi connectivity index (χ0) is 52.9. The molecular formula is C67H127NO5. The van der Waals surface area contributed by atoms with Crippen LogP contribution in [0.25, 0.3) is 0 Å². The van der Waals surface area contributed by atoms with E-state index in [2.05, 4.69) is 43.5 Å². The summed E-state index contributed by atoms with van der Waals surface area (Å²) in [5.41, 5.74) is 0. The lowest BCUT2D eigenvalue weighted by Crippen LogP contribution is -2.45. The lowest BCUT2D eigenvalue weighted by atomic mass is 10.0. The second-order valence-electron chi connectivity index (χ2n) is 22.5. The fraction of sp³-hybridized carbons (Fsp3) is 0.881. The van der Waals surface area contributed by atoms with Crippen LogP contribution in [0.1, 0.15) is 354 Å². The van der Waals surface area contributed by atoms with Gasteiger partial charge >= 0.3 is 5.97 Å². The maximum atomic E-state index is 12.5. The number of carbonyl (C=O) groups excluding carboxylic acids is 2. The first-order valence-corrected chi connectivity index (χ1v) is 32.8. The summed E-state index contributed by atoms with van der Waals surface area (Å²) in [6.07, 6.45) is 79.1. The number of aliphatic hydroxyl groups is 2.